The van der Waals surface area contributed by atoms with Gasteiger partial charge in [-0.25, -0.2) is 0 Å². The van der Waals surface area contributed by atoms with Crippen molar-refractivity contribution in [2.24, 2.45) is 5.73 Å². The molecule has 1 atom stereocenters. The number of carbonyl (C=O) groups is 1. The van der Waals surface area contributed by atoms with Gasteiger partial charge >= 0.3 is 5.97 Å². The molecule has 1 saturated heterocycles. The number of nitrogens with zero attached hydrogens (tertiary/aromatic N) is 1. The third-order valence-corrected chi connectivity index (χ3v) is 3.73. The van der Waals surface area contributed by atoms with Gasteiger partial charge in [-0.1, -0.05) is 18.2 Å². The molecule has 1 fully saturated rings. The first-order valence-electron chi connectivity index (χ1n) is 6.83. The zero-order valence-corrected chi connectivity index (χ0v) is 12.1. The maximum absolute atomic E-state index is 11.8. The molecule has 1 aliphatic heterocycles. The number of morpholine rings is 1. The normalized spacial score (nSPS) is 19.9. The minimum atomic E-state index is -0.317. The molecule has 1 aromatic carbocycles. The minimum Gasteiger partial charge on any atom is -0.468 e. The Labute approximate surface area is 119 Å². The molecule has 5 nitrogen and oxygen atoms in total. The van der Waals surface area contributed by atoms with Gasteiger partial charge in [0.1, 0.15) is 6.04 Å². The van der Waals surface area contributed by atoms with Gasteiger partial charge in [-0.3, -0.25) is 9.69 Å². The summed E-state index contributed by atoms with van der Waals surface area (Å²) in [6.07, 6.45) is 0. The number of esters is 1. The Morgan fingerprint density at radius 2 is 2.35 bits per heavy atom. The van der Waals surface area contributed by atoms with Crippen molar-refractivity contribution in [3.05, 3.63) is 34.9 Å². The largest absolute Gasteiger partial charge is 0.468 e. The zero-order chi connectivity index (χ0) is 14.5. The van der Waals surface area contributed by atoms with Crippen molar-refractivity contribution in [1.29, 1.82) is 0 Å². The molecule has 0 amide bonds. The molecule has 1 aliphatic rings. The Balaban J connectivity index is 2.12. The number of aryl methyl sites for hydroxylation is 1. The first kappa shape index (κ1) is 15.0. The second-order valence-corrected chi connectivity index (χ2v) is 5.05. The van der Waals surface area contributed by atoms with Crippen LogP contribution in [-0.2, 0) is 27.4 Å². The van der Waals surface area contributed by atoms with Gasteiger partial charge in [0.15, 0.2) is 0 Å². The molecule has 0 aromatic heterocycles. The summed E-state index contributed by atoms with van der Waals surface area (Å²) in [4.78, 5) is 13.9. The van der Waals surface area contributed by atoms with Crippen molar-refractivity contribution in [1.82, 2.24) is 4.90 Å². The van der Waals surface area contributed by atoms with Gasteiger partial charge in [-0.2, -0.15) is 0 Å². The van der Waals surface area contributed by atoms with Gasteiger partial charge in [0.25, 0.3) is 0 Å². The highest BCUT2D eigenvalue weighted by Crippen LogP contribution is 2.17. The molecule has 5 heteroatoms. The van der Waals surface area contributed by atoms with Crippen LogP contribution < -0.4 is 5.73 Å². The van der Waals surface area contributed by atoms with Crippen LogP contribution in [0.5, 0.6) is 0 Å². The summed E-state index contributed by atoms with van der Waals surface area (Å²) in [6.45, 7) is 5.11. The van der Waals surface area contributed by atoms with Crippen molar-refractivity contribution < 1.29 is 14.3 Å². The molecule has 2 N–H and O–H groups in total. The second-order valence-electron chi connectivity index (χ2n) is 5.05. The number of methoxy groups -OCH3 is 1. The predicted molar refractivity (Wildman–Crippen MR) is 76.1 cm³/mol. The molecule has 0 radical (unpaired) electrons. The van der Waals surface area contributed by atoms with E-state index in [2.05, 4.69) is 24.0 Å². The quantitative estimate of drug-likeness (QED) is 0.826. The number of nitrogens with two attached hydrogens (primary N) is 1. The zero-order valence-electron chi connectivity index (χ0n) is 12.1. The molecule has 110 valence electrons. The average molecular weight is 278 g/mol. The van der Waals surface area contributed by atoms with Gasteiger partial charge in [0.05, 0.1) is 20.3 Å². The molecule has 0 spiro atoms. The molecule has 0 aliphatic carbocycles. The van der Waals surface area contributed by atoms with Gasteiger partial charge < -0.3 is 15.2 Å². The first-order valence-corrected chi connectivity index (χ1v) is 6.83. The number of ether oxygens (including phenoxy) is 2. The second kappa shape index (κ2) is 6.83. The van der Waals surface area contributed by atoms with E-state index in [9.17, 15) is 4.79 Å². The van der Waals surface area contributed by atoms with E-state index in [0.717, 1.165) is 18.7 Å². The van der Waals surface area contributed by atoms with Crippen LogP contribution in [0.3, 0.4) is 0 Å². The summed E-state index contributed by atoms with van der Waals surface area (Å²) in [5.41, 5.74) is 9.17. The fourth-order valence-electron chi connectivity index (χ4n) is 2.46. The van der Waals surface area contributed by atoms with E-state index in [-0.39, 0.29) is 12.0 Å². The Morgan fingerprint density at radius 1 is 1.55 bits per heavy atom. The average Bonchev–Trinajstić information content (AvgIpc) is 2.49. The summed E-state index contributed by atoms with van der Waals surface area (Å²) in [7, 11) is 1.41. The fraction of sp³-hybridized carbons (Fsp3) is 0.533. The third-order valence-electron chi connectivity index (χ3n) is 3.73. The molecule has 1 unspecified atom stereocenters. The van der Waals surface area contributed by atoms with Crippen molar-refractivity contribution in [2.45, 2.75) is 26.1 Å². The van der Waals surface area contributed by atoms with Crippen LogP contribution in [0.25, 0.3) is 0 Å². The highest BCUT2D eigenvalue weighted by molar-refractivity contribution is 5.75. The van der Waals surface area contributed by atoms with E-state index in [0.29, 0.717) is 19.8 Å². The standard InChI is InChI=1S/C15H22N2O3/c1-11-7-12(8-16)3-4-13(11)9-17-5-6-20-10-14(17)15(18)19-2/h3-4,7,14H,5-6,8-10,16H2,1-2H3. The predicted octanol–water partition coefficient (Wildman–Crippen LogP) is 0.828. The molecular weight excluding hydrogens is 256 g/mol. The monoisotopic (exact) mass is 278 g/mol. The van der Waals surface area contributed by atoms with Crippen LogP contribution in [0, 0.1) is 6.92 Å². The van der Waals surface area contributed by atoms with Crippen LogP contribution >= 0.6 is 0 Å². The van der Waals surface area contributed by atoms with Crippen LogP contribution in [0.4, 0.5) is 0 Å². The van der Waals surface area contributed by atoms with E-state index < -0.39 is 0 Å². The number of carbonyl (C=O) groups excluding carboxylic acids is 1. The van der Waals surface area contributed by atoms with Crippen LogP contribution in [0.15, 0.2) is 18.2 Å². The van der Waals surface area contributed by atoms with E-state index in [1.165, 1.54) is 18.2 Å². The van der Waals surface area contributed by atoms with Crippen LogP contribution in [-0.4, -0.2) is 43.8 Å². The molecule has 1 aromatic rings. The van der Waals surface area contributed by atoms with Crippen molar-refractivity contribution in [3.8, 4) is 0 Å². The molecule has 2 rings (SSSR count). The SMILES string of the molecule is COC(=O)C1COCCN1Cc1ccc(CN)cc1C. The summed E-state index contributed by atoms with van der Waals surface area (Å²) in [5.74, 6) is -0.235. The number of hydrogen-bond donors (Lipinski definition) is 1. The molecule has 20 heavy (non-hydrogen) atoms. The fourth-order valence-corrected chi connectivity index (χ4v) is 2.46. The summed E-state index contributed by atoms with van der Waals surface area (Å²) in [6, 6.07) is 5.91. The Morgan fingerprint density at radius 3 is 3.00 bits per heavy atom. The van der Waals surface area contributed by atoms with Gasteiger partial charge in [-0.05, 0) is 23.6 Å². The Kier molecular flexibility index (Phi) is 5.11. The van der Waals surface area contributed by atoms with Gasteiger partial charge in [-0.15, -0.1) is 0 Å². The van der Waals surface area contributed by atoms with E-state index >= 15 is 0 Å². The lowest BCUT2D eigenvalue weighted by atomic mass is 10.0. The minimum absolute atomic E-state index is 0.235. The van der Waals surface area contributed by atoms with E-state index in [4.69, 9.17) is 15.2 Å². The lowest BCUT2D eigenvalue weighted by Gasteiger charge is -2.33. The summed E-state index contributed by atoms with van der Waals surface area (Å²) in [5, 5.41) is 0. The molecule has 1 heterocycles. The van der Waals surface area contributed by atoms with Crippen LogP contribution in [0.2, 0.25) is 0 Å². The van der Waals surface area contributed by atoms with Crippen molar-refractivity contribution in [2.75, 3.05) is 26.9 Å². The topological polar surface area (TPSA) is 64.8 Å². The summed E-state index contributed by atoms with van der Waals surface area (Å²) >= 11 is 0. The maximum Gasteiger partial charge on any atom is 0.325 e. The Bertz CT molecular complexity index is 476. The van der Waals surface area contributed by atoms with E-state index in [1.54, 1.807) is 0 Å². The smallest absolute Gasteiger partial charge is 0.325 e. The molecular formula is C15H22N2O3. The van der Waals surface area contributed by atoms with E-state index in [1.807, 2.05) is 6.07 Å². The number of benzene rings is 1. The van der Waals surface area contributed by atoms with Crippen LogP contribution in [0.1, 0.15) is 16.7 Å². The Hall–Kier alpha value is -1.43. The first-order chi connectivity index (χ1) is 9.65. The number of hydrogen-bond acceptors (Lipinski definition) is 5. The number of rotatable bonds is 4. The maximum atomic E-state index is 11.8. The van der Waals surface area contributed by atoms with Gasteiger partial charge in [0, 0.05) is 19.6 Å². The lowest BCUT2D eigenvalue weighted by molar-refractivity contribution is -0.153. The van der Waals surface area contributed by atoms with Crippen molar-refractivity contribution >= 4 is 5.97 Å². The summed E-state index contributed by atoms with van der Waals surface area (Å²) < 4.78 is 10.2. The third kappa shape index (κ3) is 3.36. The molecule has 0 bridgehead atoms. The highest BCUT2D eigenvalue weighted by atomic mass is 16.5. The van der Waals surface area contributed by atoms with Gasteiger partial charge in [0.2, 0.25) is 0 Å². The van der Waals surface area contributed by atoms with Crippen molar-refractivity contribution in [3.63, 3.8) is 0 Å². The highest BCUT2D eigenvalue weighted by Gasteiger charge is 2.30. The molecule has 0 saturated carbocycles. The lowest BCUT2D eigenvalue weighted by Crippen LogP contribution is -2.49.